The Hall–Kier alpha value is -0.780. The highest BCUT2D eigenvalue weighted by Gasteiger charge is 2.35. The normalized spacial score (nSPS) is 18.2. The molecule has 0 unspecified atom stereocenters. The molecule has 1 amide bonds. The Kier molecular flexibility index (Phi) is 2.80. The molecule has 6 heteroatoms. The van der Waals surface area contributed by atoms with Gasteiger partial charge < -0.3 is 10.2 Å². The van der Waals surface area contributed by atoms with Crippen LogP contribution in [0.5, 0.6) is 0 Å². The monoisotopic (exact) mass is 196 g/mol. The van der Waals surface area contributed by atoms with E-state index in [4.69, 9.17) is 0 Å². The van der Waals surface area contributed by atoms with E-state index in [1.54, 1.807) is 0 Å². The van der Waals surface area contributed by atoms with E-state index in [0.29, 0.717) is 13.1 Å². The molecule has 0 atom stereocenters. The minimum atomic E-state index is -4.40. The van der Waals surface area contributed by atoms with Gasteiger partial charge in [0.15, 0.2) is 0 Å². The van der Waals surface area contributed by atoms with E-state index in [1.807, 2.05) is 0 Å². The van der Waals surface area contributed by atoms with Gasteiger partial charge in [0.2, 0.25) is 5.91 Å². The number of nitrogens with one attached hydrogen (secondary N) is 1. The Balaban J connectivity index is 2.38. The van der Waals surface area contributed by atoms with Gasteiger partial charge in [0, 0.05) is 20.1 Å². The van der Waals surface area contributed by atoms with Crippen molar-refractivity contribution in [3.05, 3.63) is 0 Å². The fourth-order valence-corrected chi connectivity index (χ4v) is 1.05. The van der Waals surface area contributed by atoms with E-state index in [1.165, 1.54) is 7.05 Å². The van der Waals surface area contributed by atoms with Gasteiger partial charge in [0.05, 0.1) is 6.04 Å². The molecule has 1 saturated heterocycles. The third-order valence-electron chi connectivity index (χ3n) is 2.05. The summed E-state index contributed by atoms with van der Waals surface area (Å²) in [6.45, 7) is 1.17. The van der Waals surface area contributed by atoms with Crippen molar-refractivity contribution in [1.82, 2.24) is 10.2 Å². The van der Waals surface area contributed by atoms with Crippen molar-refractivity contribution >= 4 is 5.91 Å². The van der Waals surface area contributed by atoms with Crippen molar-refractivity contribution in [1.29, 1.82) is 0 Å². The van der Waals surface area contributed by atoms with Gasteiger partial charge in [-0.05, 0) is 0 Å². The summed E-state index contributed by atoms with van der Waals surface area (Å²) < 4.78 is 35.4. The average Bonchev–Trinajstić information content (AvgIpc) is 1.78. The van der Waals surface area contributed by atoms with Crippen molar-refractivity contribution in [3.8, 4) is 0 Å². The number of rotatable bonds is 2. The van der Waals surface area contributed by atoms with Gasteiger partial charge in [-0.15, -0.1) is 0 Å². The van der Waals surface area contributed by atoms with E-state index >= 15 is 0 Å². The fourth-order valence-electron chi connectivity index (χ4n) is 1.05. The molecule has 1 rings (SSSR count). The maximum atomic E-state index is 11.8. The van der Waals surface area contributed by atoms with E-state index in [9.17, 15) is 18.0 Å². The number of carbonyl (C=O) groups excluding carboxylic acids is 1. The molecule has 0 radical (unpaired) electrons. The van der Waals surface area contributed by atoms with Crippen molar-refractivity contribution in [2.24, 2.45) is 0 Å². The summed E-state index contributed by atoms with van der Waals surface area (Å²) in [5.41, 5.74) is 0. The zero-order valence-corrected chi connectivity index (χ0v) is 7.19. The molecular weight excluding hydrogens is 185 g/mol. The maximum Gasteiger partial charge on any atom is 0.397 e. The molecule has 0 spiro atoms. The summed E-state index contributed by atoms with van der Waals surface area (Å²) in [6, 6.07) is -0.0742. The topological polar surface area (TPSA) is 32.3 Å². The van der Waals surface area contributed by atoms with Crippen molar-refractivity contribution in [2.75, 3.05) is 20.1 Å². The fraction of sp³-hybridized carbons (Fsp3) is 0.857. The van der Waals surface area contributed by atoms with Crippen molar-refractivity contribution in [2.45, 2.75) is 18.6 Å². The third-order valence-corrected chi connectivity index (χ3v) is 2.05. The highest BCUT2D eigenvalue weighted by molar-refractivity contribution is 5.77. The molecule has 1 fully saturated rings. The van der Waals surface area contributed by atoms with Crippen LogP contribution >= 0.6 is 0 Å². The second-order valence-electron chi connectivity index (χ2n) is 3.11. The van der Waals surface area contributed by atoms with E-state index in [0.717, 1.165) is 4.90 Å². The summed E-state index contributed by atoms with van der Waals surface area (Å²) in [7, 11) is 1.40. The number of likely N-dealkylation sites (N-methyl/N-ethyl adjacent to an activating group) is 1. The quantitative estimate of drug-likeness (QED) is 0.692. The molecule has 1 heterocycles. The first-order valence-electron chi connectivity index (χ1n) is 3.93. The Labute approximate surface area is 73.9 Å². The molecule has 0 aromatic carbocycles. The first-order valence-corrected chi connectivity index (χ1v) is 3.93. The van der Waals surface area contributed by atoms with E-state index in [-0.39, 0.29) is 6.04 Å². The first kappa shape index (κ1) is 10.3. The lowest BCUT2D eigenvalue weighted by atomic mass is 10.1. The standard InChI is InChI=1S/C7H11F3N2O/c1-12(5-3-11-4-5)6(13)2-7(8,9)10/h5,11H,2-4H2,1H3. The maximum absolute atomic E-state index is 11.8. The molecule has 13 heavy (non-hydrogen) atoms. The predicted octanol–water partition coefficient (Wildman–Crippen LogP) is 0.369. The van der Waals surface area contributed by atoms with Gasteiger partial charge in [0.25, 0.3) is 0 Å². The molecule has 0 aromatic heterocycles. The zero-order chi connectivity index (χ0) is 10.1. The lowest BCUT2D eigenvalue weighted by molar-refractivity contribution is -0.162. The second kappa shape index (κ2) is 3.53. The number of nitrogens with zero attached hydrogens (tertiary/aromatic N) is 1. The van der Waals surface area contributed by atoms with Crippen LogP contribution in [0.25, 0.3) is 0 Å². The molecule has 0 saturated carbocycles. The SMILES string of the molecule is CN(C(=O)CC(F)(F)F)C1CNC1. The highest BCUT2D eigenvalue weighted by Crippen LogP contribution is 2.21. The molecular formula is C7H11F3N2O. The third kappa shape index (κ3) is 2.87. The van der Waals surface area contributed by atoms with E-state index in [2.05, 4.69) is 5.32 Å². The molecule has 76 valence electrons. The van der Waals surface area contributed by atoms with Gasteiger partial charge in [-0.25, -0.2) is 0 Å². The molecule has 1 aliphatic heterocycles. The summed E-state index contributed by atoms with van der Waals surface area (Å²) in [4.78, 5) is 12.1. The molecule has 3 nitrogen and oxygen atoms in total. The minimum Gasteiger partial charge on any atom is -0.340 e. The van der Waals surface area contributed by atoms with Crippen LogP contribution in [0.2, 0.25) is 0 Å². The molecule has 0 aliphatic carbocycles. The van der Waals surface area contributed by atoms with Crippen LogP contribution in [0.4, 0.5) is 13.2 Å². The number of hydrogen-bond acceptors (Lipinski definition) is 2. The molecule has 1 aliphatic rings. The first-order chi connectivity index (χ1) is 5.90. The predicted molar refractivity (Wildman–Crippen MR) is 40.1 cm³/mol. The van der Waals surface area contributed by atoms with Crippen LogP contribution in [0.1, 0.15) is 6.42 Å². The zero-order valence-electron chi connectivity index (χ0n) is 7.19. The van der Waals surface area contributed by atoms with Crippen LogP contribution in [0.3, 0.4) is 0 Å². The summed E-state index contributed by atoms with van der Waals surface area (Å²) in [5.74, 6) is -0.862. The number of carbonyl (C=O) groups is 1. The lowest BCUT2D eigenvalue weighted by Gasteiger charge is -2.35. The molecule has 1 N–H and O–H groups in total. The van der Waals surface area contributed by atoms with Crippen LogP contribution in [-0.2, 0) is 4.79 Å². The van der Waals surface area contributed by atoms with Crippen molar-refractivity contribution in [3.63, 3.8) is 0 Å². The Morgan fingerprint density at radius 2 is 2.08 bits per heavy atom. The van der Waals surface area contributed by atoms with Gasteiger partial charge in [-0.3, -0.25) is 4.79 Å². The largest absolute Gasteiger partial charge is 0.397 e. The number of amides is 1. The Morgan fingerprint density at radius 3 is 2.38 bits per heavy atom. The number of hydrogen-bond donors (Lipinski definition) is 1. The smallest absolute Gasteiger partial charge is 0.340 e. The van der Waals surface area contributed by atoms with Crippen LogP contribution < -0.4 is 5.32 Å². The van der Waals surface area contributed by atoms with Gasteiger partial charge in [-0.1, -0.05) is 0 Å². The van der Waals surface area contributed by atoms with Gasteiger partial charge in [-0.2, -0.15) is 13.2 Å². The van der Waals surface area contributed by atoms with Crippen LogP contribution in [-0.4, -0.2) is 43.2 Å². The van der Waals surface area contributed by atoms with Crippen LogP contribution in [0.15, 0.2) is 0 Å². The summed E-state index contributed by atoms with van der Waals surface area (Å²) in [5, 5.41) is 2.88. The average molecular weight is 196 g/mol. The number of alkyl halides is 3. The highest BCUT2D eigenvalue weighted by atomic mass is 19.4. The lowest BCUT2D eigenvalue weighted by Crippen LogP contribution is -2.57. The minimum absolute atomic E-state index is 0.0742. The van der Waals surface area contributed by atoms with E-state index < -0.39 is 18.5 Å². The van der Waals surface area contributed by atoms with Gasteiger partial charge in [0.1, 0.15) is 6.42 Å². The van der Waals surface area contributed by atoms with Crippen LogP contribution in [0, 0.1) is 0 Å². The Morgan fingerprint density at radius 1 is 1.54 bits per heavy atom. The summed E-state index contributed by atoms with van der Waals surface area (Å²) >= 11 is 0. The van der Waals surface area contributed by atoms with Gasteiger partial charge >= 0.3 is 6.18 Å². The number of halogens is 3. The summed E-state index contributed by atoms with van der Waals surface area (Å²) in [6.07, 6.45) is -5.76. The molecule has 0 bridgehead atoms. The second-order valence-corrected chi connectivity index (χ2v) is 3.11. The van der Waals surface area contributed by atoms with Crippen molar-refractivity contribution < 1.29 is 18.0 Å². The molecule has 0 aromatic rings. The Bertz CT molecular complexity index is 200.